The van der Waals surface area contributed by atoms with Crippen molar-refractivity contribution in [2.24, 2.45) is 11.7 Å². The zero-order chi connectivity index (χ0) is 18.3. The molecule has 0 bridgehead atoms. The smallest absolute Gasteiger partial charge is 0.239 e. The molecule has 0 spiro atoms. The number of carbonyl (C=O) groups is 2. The van der Waals surface area contributed by atoms with Gasteiger partial charge in [0.1, 0.15) is 0 Å². The largest absolute Gasteiger partial charge is 0.348 e. The van der Waals surface area contributed by atoms with Crippen LogP contribution in [0.1, 0.15) is 46.2 Å². The quantitative estimate of drug-likeness (QED) is 0.599. The molecule has 2 atom stereocenters. The third kappa shape index (κ3) is 8.61. The Labute approximate surface area is 161 Å². The minimum Gasteiger partial charge on any atom is -0.348 e. The molecule has 0 radical (unpaired) electrons. The highest BCUT2D eigenvalue weighted by atomic mass is 35.5. The summed E-state index contributed by atoms with van der Waals surface area (Å²) in [6.07, 6.45) is 0. The second-order valence-corrected chi connectivity index (χ2v) is 8.16. The van der Waals surface area contributed by atoms with Crippen molar-refractivity contribution >= 4 is 36.0 Å². The van der Waals surface area contributed by atoms with E-state index in [0.29, 0.717) is 5.25 Å². The maximum Gasteiger partial charge on any atom is 0.239 e. The number of nitrogens with two attached hydrogens (primary N) is 1. The van der Waals surface area contributed by atoms with Crippen LogP contribution in [0.3, 0.4) is 0 Å². The SMILES string of the molecule is CC(C)Sc1ccc(C(C)NC(=O)CNC(=O)[C@@H](N)C(C)C)cc1.Cl. The first-order chi connectivity index (χ1) is 11.2. The van der Waals surface area contributed by atoms with Crippen molar-refractivity contribution in [3.8, 4) is 0 Å². The molecule has 0 aliphatic carbocycles. The number of halogens is 1. The molecule has 5 nitrogen and oxygen atoms in total. The molecule has 1 rings (SSSR count). The van der Waals surface area contributed by atoms with Crippen LogP contribution in [0.2, 0.25) is 0 Å². The first kappa shape index (κ1) is 23.8. The molecular weight excluding hydrogens is 358 g/mol. The van der Waals surface area contributed by atoms with Crippen LogP contribution in [-0.4, -0.2) is 29.7 Å². The number of hydrogen-bond donors (Lipinski definition) is 3. The van der Waals surface area contributed by atoms with Gasteiger partial charge in [0, 0.05) is 10.1 Å². The molecule has 0 aromatic heterocycles. The fourth-order valence-electron chi connectivity index (χ4n) is 2.07. The summed E-state index contributed by atoms with van der Waals surface area (Å²) in [5, 5.41) is 5.99. The van der Waals surface area contributed by atoms with Gasteiger partial charge in [0.25, 0.3) is 0 Å². The maximum absolute atomic E-state index is 12.0. The Morgan fingerprint density at radius 1 is 1.08 bits per heavy atom. The number of rotatable bonds is 8. The molecule has 1 aromatic carbocycles. The predicted molar refractivity (Wildman–Crippen MR) is 107 cm³/mol. The van der Waals surface area contributed by atoms with Crippen LogP contribution in [0.4, 0.5) is 0 Å². The van der Waals surface area contributed by atoms with Gasteiger partial charge in [-0.2, -0.15) is 0 Å². The number of hydrogen-bond acceptors (Lipinski definition) is 4. The summed E-state index contributed by atoms with van der Waals surface area (Å²) in [5.74, 6) is -0.496. The molecule has 0 saturated heterocycles. The molecule has 142 valence electrons. The lowest BCUT2D eigenvalue weighted by Gasteiger charge is -2.17. The molecule has 2 amide bonds. The van der Waals surface area contributed by atoms with Crippen LogP contribution in [0.5, 0.6) is 0 Å². The topological polar surface area (TPSA) is 84.2 Å². The Balaban J connectivity index is 0.00000576. The van der Waals surface area contributed by atoms with E-state index < -0.39 is 6.04 Å². The minimum atomic E-state index is -0.596. The van der Waals surface area contributed by atoms with Crippen LogP contribution in [-0.2, 0) is 9.59 Å². The molecule has 25 heavy (non-hydrogen) atoms. The van der Waals surface area contributed by atoms with Gasteiger partial charge in [-0.1, -0.05) is 39.8 Å². The van der Waals surface area contributed by atoms with Crippen LogP contribution in [0.25, 0.3) is 0 Å². The van der Waals surface area contributed by atoms with Crippen molar-refractivity contribution in [2.45, 2.75) is 56.8 Å². The summed E-state index contributed by atoms with van der Waals surface area (Å²) in [7, 11) is 0. The highest BCUT2D eigenvalue weighted by Gasteiger charge is 2.18. The number of carbonyl (C=O) groups excluding carboxylic acids is 2. The third-order valence-corrected chi connectivity index (χ3v) is 4.59. The second kappa shape index (κ2) is 11.4. The zero-order valence-corrected chi connectivity index (χ0v) is 17.2. The summed E-state index contributed by atoms with van der Waals surface area (Å²) in [4.78, 5) is 24.9. The van der Waals surface area contributed by atoms with E-state index in [9.17, 15) is 9.59 Å². The minimum absolute atomic E-state index is 0. The van der Waals surface area contributed by atoms with Crippen molar-refractivity contribution in [3.05, 3.63) is 29.8 Å². The van der Waals surface area contributed by atoms with Gasteiger partial charge in [0.05, 0.1) is 18.6 Å². The zero-order valence-electron chi connectivity index (χ0n) is 15.5. The summed E-state index contributed by atoms with van der Waals surface area (Å²) < 4.78 is 0. The van der Waals surface area contributed by atoms with E-state index in [4.69, 9.17) is 5.73 Å². The highest BCUT2D eigenvalue weighted by Crippen LogP contribution is 2.24. The Kier molecular flexibility index (Phi) is 10.8. The van der Waals surface area contributed by atoms with E-state index in [2.05, 4.69) is 36.6 Å². The molecule has 0 aliphatic rings. The molecule has 0 heterocycles. The Bertz CT molecular complexity index is 550. The maximum atomic E-state index is 12.0. The van der Waals surface area contributed by atoms with Crippen LogP contribution < -0.4 is 16.4 Å². The normalized spacial score (nSPS) is 13.1. The lowest BCUT2D eigenvalue weighted by Crippen LogP contribution is -2.47. The molecule has 1 unspecified atom stereocenters. The van der Waals surface area contributed by atoms with Crippen LogP contribution in [0.15, 0.2) is 29.2 Å². The Hall–Kier alpha value is -1.24. The van der Waals surface area contributed by atoms with Gasteiger partial charge in [-0.3, -0.25) is 9.59 Å². The van der Waals surface area contributed by atoms with Crippen molar-refractivity contribution in [2.75, 3.05) is 6.54 Å². The lowest BCUT2D eigenvalue weighted by molar-refractivity contribution is -0.127. The fourth-order valence-corrected chi connectivity index (χ4v) is 2.91. The number of nitrogens with one attached hydrogen (secondary N) is 2. The van der Waals surface area contributed by atoms with Gasteiger partial charge in [0.2, 0.25) is 11.8 Å². The first-order valence-corrected chi connectivity index (χ1v) is 9.18. The Morgan fingerprint density at radius 3 is 2.12 bits per heavy atom. The van der Waals surface area contributed by atoms with E-state index >= 15 is 0 Å². The first-order valence-electron chi connectivity index (χ1n) is 8.30. The molecule has 0 aliphatic heterocycles. The monoisotopic (exact) mass is 387 g/mol. The molecule has 7 heteroatoms. The second-order valence-electron chi connectivity index (χ2n) is 6.51. The van der Waals surface area contributed by atoms with Crippen molar-refractivity contribution in [1.29, 1.82) is 0 Å². The number of benzene rings is 1. The van der Waals surface area contributed by atoms with E-state index in [1.807, 2.05) is 32.9 Å². The molecule has 0 saturated carbocycles. The van der Waals surface area contributed by atoms with Crippen LogP contribution in [0, 0.1) is 5.92 Å². The highest BCUT2D eigenvalue weighted by molar-refractivity contribution is 7.99. The standard InChI is InChI=1S/C18H29N3O2S.ClH/c1-11(2)17(19)18(23)20-10-16(22)21-13(5)14-6-8-15(9-7-14)24-12(3)4;/h6-9,11-13,17H,10,19H2,1-5H3,(H,20,23)(H,21,22);1H/t13?,17-;/m0./s1. The summed E-state index contributed by atoms with van der Waals surface area (Å²) in [5.41, 5.74) is 6.77. The van der Waals surface area contributed by atoms with Gasteiger partial charge < -0.3 is 16.4 Å². The molecule has 0 fully saturated rings. The number of thioether (sulfide) groups is 1. The Morgan fingerprint density at radius 2 is 1.64 bits per heavy atom. The van der Waals surface area contributed by atoms with Gasteiger partial charge in [-0.25, -0.2) is 0 Å². The predicted octanol–water partition coefficient (Wildman–Crippen LogP) is 2.89. The van der Waals surface area contributed by atoms with Crippen molar-refractivity contribution < 1.29 is 9.59 Å². The van der Waals surface area contributed by atoms with Crippen molar-refractivity contribution in [3.63, 3.8) is 0 Å². The van der Waals surface area contributed by atoms with E-state index in [1.54, 1.807) is 11.8 Å². The summed E-state index contributed by atoms with van der Waals surface area (Å²) in [6, 6.07) is 7.44. The van der Waals surface area contributed by atoms with Crippen molar-refractivity contribution in [1.82, 2.24) is 10.6 Å². The summed E-state index contributed by atoms with van der Waals surface area (Å²) >= 11 is 1.80. The van der Waals surface area contributed by atoms with E-state index in [0.717, 1.165) is 5.56 Å². The molecule has 4 N–H and O–H groups in total. The van der Waals surface area contributed by atoms with E-state index in [-0.39, 0.29) is 42.7 Å². The van der Waals surface area contributed by atoms with E-state index in [1.165, 1.54) is 4.90 Å². The van der Waals surface area contributed by atoms with Gasteiger partial charge in [0.15, 0.2) is 0 Å². The van der Waals surface area contributed by atoms with Gasteiger partial charge in [-0.15, -0.1) is 24.2 Å². The summed E-state index contributed by atoms with van der Waals surface area (Å²) in [6.45, 7) is 9.90. The van der Waals surface area contributed by atoms with Gasteiger partial charge in [-0.05, 0) is 30.5 Å². The fraction of sp³-hybridized carbons (Fsp3) is 0.556. The number of amides is 2. The molecule has 1 aromatic rings. The average molecular weight is 388 g/mol. The lowest BCUT2D eigenvalue weighted by atomic mass is 10.1. The third-order valence-electron chi connectivity index (χ3n) is 3.57. The molecular formula is C18H30ClN3O2S. The average Bonchev–Trinajstić information content (AvgIpc) is 2.51. The van der Waals surface area contributed by atoms with Gasteiger partial charge >= 0.3 is 0 Å². The van der Waals surface area contributed by atoms with Crippen LogP contribution >= 0.6 is 24.2 Å².